The molecule has 1 aromatic rings. The van der Waals surface area contributed by atoms with Gasteiger partial charge in [-0.05, 0) is 49.1 Å². The highest BCUT2D eigenvalue weighted by molar-refractivity contribution is 5.97. The molecule has 6 heteroatoms. The Hall–Kier alpha value is -2.21. The van der Waals surface area contributed by atoms with Crippen molar-refractivity contribution in [3.63, 3.8) is 0 Å². The summed E-state index contributed by atoms with van der Waals surface area (Å²) in [5.41, 5.74) is 1.59. The Morgan fingerprint density at radius 3 is 2.35 bits per heavy atom. The summed E-state index contributed by atoms with van der Waals surface area (Å²) in [6, 6.07) is 4.10. The molecule has 0 bridgehead atoms. The van der Waals surface area contributed by atoms with Crippen LogP contribution < -0.4 is 14.8 Å². The average molecular weight is 359 g/mol. The van der Waals surface area contributed by atoms with Gasteiger partial charge in [-0.25, -0.2) is 0 Å². The number of allylic oxidation sites excluding steroid dienone is 1. The van der Waals surface area contributed by atoms with Gasteiger partial charge >= 0.3 is 0 Å². The smallest absolute Gasteiger partial charge is 0.201 e. The summed E-state index contributed by atoms with van der Waals surface area (Å²) in [5.74, 6) is 2.39. The SMILES string of the molecule is COC1=C(OC)[C@]23CCc4cc(OC)c(OC)cc4[C@]2(CCN3)CC1=O. The van der Waals surface area contributed by atoms with E-state index in [0.29, 0.717) is 23.7 Å². The van der Waals surface area contributed by atoms with Gasteiger partial charge in [0.1, 0.15) is 0 Å². The summed E-state index contributed by atoms with van der Waals surface area (Å²) in [7, 11) is 6.44. The summed E-state index contributed by atoms with van der Waals surface area (Å²) in [6.07, 6.45) is 2.98. The second kappa shape index (κ2) is 5.91. The van der Waals surface area contributed by atoms with Crippen LogP contribution in [0.1, 0.15) is 30.4 Å². The van der Waals surface area contributed by atoms with Crippen LogP contribution >= 0.6 is 0 Å². The van der Waals surface area contributed by atoms with E-state index < -0.39 is 5.54 Å². The summed E-state index contributed by atoms with van der Waals surface area (Å²) >= 11 is 0. The highest BCUT2D eigenvalue weighted by Crippen LogP contribution is 2.59. The van der Waals surface area contributed by atoms with Crippen LogP contribution in [-0.4, -0.2) is 46.3 Å². The van der Waals surface area contributed by atoms with Crippen molar-refractivity contribution in [3.8, 4) is 11.5 Å². The van der Waals surface area contributed by atoms with Gasteiger partial charge in [-0.15, -0.1) is 0 Å². The highest BCUT2D eigenvalue weighted by atomic mass is 16.5. The van der Waals surface area contributed by atoms with Crippen LogP contribution in [-0.2, 0) is 26.1 Å². The Labute approximate surface area is 153 Å². The summed E-state index contributed by atoms with van der Waals surface area (Å²) < 4.78 is 22.2. The molecule has 4 rings (SSSR count). The number of methoxy groups -OCH3 is 4. The standard InChI is InChI=1S/C20H25NO5/c1-23-15-9-12-5-6-20-18(26-4)17(25-3)14(22)11-19(20,7-8-21-20)13(12)10-16(15)24-2/h9-10,21H,5-8,11H2,1-4H3/t19-,20+/m0/s1. The predicted molar refractivity (Wildman–Crippen MR) is 95.6 cm³/mol. The van der Waals surface area contributed by atoms with Crippen molar-refractivity contribution in [1.29, 1.82) is 0 Å². The number of rotatable bonds is 4. The second-order valence-corrected chi connectivity index (χ2v) is 7.20. The van der Waals surface area contributed by atoms with Crippen LogP contribution in [0.5, 0.6) is 11.5 Å². The minimum atomic E-state index is -0.423. The third kappa shape index (κ3) is 1.93. The highest BCUT2D eigenvalue weighted by Gasteiger charge is 2.65. The maximum absolute atomic E-state index is 12.9. The molecule has 6 nitrogen and oxygen atoms in total. The molecular weight excluding hydrogens is 334 g/mol. The Morgan fingerprint density at radius 1 is 0.962 bits per heavy atom. The third-order valence-corrected chi connectivity index (χ3v) is 6.41. The number of Topliss-reactive ketones (excluding diaryl/α,β-unsaturated/α-hetero) is 1. The van der Waals surface area contributed by atoms with Crippen LogP contribution in [0, 0.1) is 0 Å². The van der Waals surface area contributed by atoms with Gasteiger partial charge in [0.25, 0.3) is 0 Å². The quantitative estimate of drug-likeness (QED) is 0.888. The first-order valence-electron chi connectivity index (χ1n) is 8.93. The molecular formula is C20H25NO5. The number of aryl methyl sites for hydroxylation is 1. The van der Waals surface area contributed by atoms with Crippen molar-refractivity contribution in [2.24, 2.45) is 0 Å². The lowest BCUT2D eigenvalue weighted by atomic mass is 9.54. The maximum Gasteiger partial charge on any atom is 0.201 e. The largest absolute Gasteiger partial charge is 0.495 e. The minimum absolute atomic E-state index is 0.00805. The van der Waals surface area contributed by atoms with Crippen LogP contribution in [0.3, 0.4) is 0 Å². The molecule has 0 unspecified atom stereocenters. The van der Waals surface area contributed by atoms with E-state index in [-0.39, 0.29) is 11.2 Å². The molecule has 2 atom stereocenters. The Bertz CT molecular complexity index is 802. The molecule has 1 aliphatic heterocycles. The molecule has 26 heavy (non-hydrogen) atoms. The lowest BCUT2D eigenvalue weighted by Crippen LogP contribution is -2.62. The number of hydrogen-bond donors (Lipinski definition) is 1. The maximum atomic E-state index is 12.9. The zero-order chi connectivity index (χ0) is 18.5. The van der Waals surface area contributed by atoms with Crippen molar-refractivity contribution in [3.05, 3.63) is 34.8 Å². The molecule has 1 fully saturated rings. The fraction of sp³-hybridized carbons (Fsp3) is 0.550. The van der Waals surface area contributed by atoms with E-state index in [2.05, 4.69) is 11.4 Å². The molecule has 140 valence electrons. The van der Waals surface area contributed by atoms with Gasteiger partial charge in [-0.1, -0.05) is 0 Å². The van der Waals surface area contributed by atoms with Gasteiger partial charge in [0.2, 0.25) is 11.5 Å². The van der Waals surface area contributed by atoms with E-state index in [1.807, 2.05) is 6.07 Å². The number of ether oxygens (including phenoxy) is 4. The van der Waals surface area contributed by atoms with Gasteiger partial charge in [-0.3, -0.25) is 4.79 Å². The second-order valence-electron chi connectivity index (χ2n) is 7.20. The number of carbonyl (C=O) groups is 1. The zero-order valence-electron chi connectivity index (χ0n) is 15.7. The molecule has 1 saturated heterocycles. The lowest BCUT2D eigenvalue weighted by molar-refractivity contribution is -0.123. The summed E-state index contributed by atoms with van der Waals surface area (Å²) in [5, 5.41) is 3.67. The summed E-state index contributed by atoms with van der Waals surface area (Å²) in [6.45, 7) is 0.824. The van der Waals surface area contributed by atoms with E-state index in [0.717, 1.165) is 37.1 Å². The molecule has 1 heterocycles. The fourth-order valence-electron chi connectivity index (χ4n) is 5.35. The Morgan fingerprint density at radius 2 is 1.69 bits per heavy atom. The molecule has 1 N–H and O–H groups in total. The van der Waals surface area contributed by atoms with Crippen LogP contribution in [0.15, 0.2) is 23.7 Å². The molecule has 2 aliphatic carbocycles. The number of fused-ring (bicyclic) bond motifs is 1. The first-order valence-corrected chi connectivity index (χ1v) is 8.93. The van der Waals surface area contributed by atoms with E-state index in [1.54, 1.807) is 21.3 Å². The van der Waals surface area contributed by atoms with E-state index in [4.69, 9.17) is 18.9 Å². The predicted octanol–water partition coefficient (Wildman–Crippen LogP) is 2.10. The number of hydrogen-bond acceptors (Lipinski definition) is 6. The normalized spacial score (nSPS) is 29.6. The van der Waals surface area contributed by atoms with E-state index in [1.165, 1.54) is 12.7 Å². The first kappa shape index (κ1) is 17.2. The molecule has 0 amide bonds. The first-order chi connectivity index (χ1) is 12.6. The van der Waals surface area contributed by atoms with Crippen LogP contribution in [0.2, 0.25) is 0 Å². The van der Waals surface area contributed by atoms with Gasteiger partial charge in [0, 0.05) is 11.8 Å². The molecule has 0 radical (unpaired) electrons. The number of nitrogens with one attached hydrogen (secondary N) is 1. The van der Waals surface area contributed by atoms with Gasteiger partial charge < -0.3 is 24.3 Å². The van der Waals surface area contributed by atoms with Crippen LogP contribution in [0.4, 0.5) is 0 Å². The van der Waals surface area contributed by atoms with Crippen molar-refractivity contribution >= 4 is 5.78 Å². The number of carbonyl (C=O) groups excluding carboxylic acids is 1. The molecule has 1 aromatic carbocycles. The number of ketones is 1. The van der Waals surface area contributed by atoms with Crippen molar-refractivity contribution in [1.82, 2.24) is 5.32 Å². The third-order valence-electron chi connectivity index (χ3n) is 6.41. The van der Waals surface area contributed by atoms with E-state index >= 15 is 0 Å². The molecule has 3 aliphatic rings. The average Bonchev–Trinajstić information content (AvgIpc) is 3.05. The van der Waals surface area contributed by atoms with Crippen molar-refractivity contribution in [2.75, 3.05) is 35.0 Å². The van der Waals surface area contributed by atoms with Crippen molar-refractivity contribution in [2.45, 2.75) is 36.6 Å². The number of benzene rings is 1. The zero-order valence-corrected chi connectivity index (χ0v) is 15.7. The van der Waals surface area contributed by atoms with Gasteiger partial charge in [0.15, 0.2) is 17.3 Å². The topological polar surface area (TPSA) is 66.0 Å². The lowest BCUT2D eigenvalue weighted by Gasteiger charge is -2.52. The fourth-order valence-corrected chi connectivity index (χ4v) is 5.35. The summed E-state index contributed by atoms with van der Waals surface area (Å²) in [4.78, 5) is 12.9. The minimum Gasteiger partial charge on any atom is -0.495 e. The molecule has 0 aromatic heterocycles. The van der Waals surface area contributed by atoms with Gasteiger partial charge in [-0.2, -0.15) is 0 Å². The van der Waals surface area contributed by atoms with E-state index in [9.17, 15) is 4.79 Å². The Balaban J connectivity index is 1.99. The monoisotopic (exact) mass is 359 g/mol. The Kier molecular flexibility index (Phi) is 3.91. The van der Waals surface area contributed by atoms with Crippen molar-refractivity contribution < 1.29 is 23.7 Å². The molecule has 0 saturated carbocycles. The molecule has 0 spiro atoms. The van der Waals surface area contributed by atoms with Crippen LogP contribution in [0.25, 0.3) is 0 Å². The van der Waals surface area contributed by atoms with Gasteiger partial charge in [0.05, 0.1) is 34.0 Å².